The van der Waals surface area contributed by atoms with Crippen molar-refractivity contribution in [2.45, 2.75) is 297 Å². The molecular weight excluding hydrogens is 805 g/mol. The molecule has 0 N–H and O–H groups in total. The molecule has 0 aromatic rings. The zero-order valence-electron chi connectivity index (χ0n) is 43.3. The number of carbonyl (C=O) groups excluding carboxylic acids is 3. The number of ether oxygens (including phenoxy) is 3. The van der Waals surface area contributed by atoms with Gasteiger partial charge in [0.1, 0.15) is 13.2 Å². The zero-order valence-corrected chi connectivity index (χ0v) is 43.3. The third-order valence-corrected chi connectivity index (χ3v) is 12.3. The van der Waals surface area contributed by atoms with Gasteiger partial charge in [0, 0.05) is 19.3 Å². The van der Waals surface area contributed by atoms with E-state index in [1.54, 1.807) is 0 Å². The van der Waals surface area contributed by atoms with Gasteiger partial charge in [-0.15, -0.1) is 0 Å². The van der Waals surface area contributed by atoms with Crippen LogP contribution in [0.4, 0.5) is 0 Å². The van der Waals surface area contributed by atoms with Crippen molar-refractivity contribution in [3.63, 3.8) is 0 Å². The molecule has 6 heteroatoms. The summed E-state index contributed by atoms with van der Waals surface area (Å²) < 4.78 is 16.8. The predicted octanol–water partition coefficient (Wildman–Crippen LogP) is 18.7. The fraction of sp³-hybridized carbons (Fsp3) is 0.814. The minimum absolute atomic E-state index is 0.0700. The molecule has 0 amide bonds. The van der Waals surface area contributed by atoms with Crippen LogP contribution in [-0.2, 0) is 28.6 Å². The molecule has 0 aromatic heterocycles. The van der Waals surface area contributed by atoms with Crippen LogP contribution in [0, 0.1) is 0 Å². The van der Waals surface area contributed by atoms with Crippen LogP contribution in [0.15, 0.2) is 48.6 Å². The number of hydrogen-bond donors (Lipinski definition) is 0. The van der Waals surface area contributed by atoms with Crippen molar-refractivity contribution in [1.82, 2.24) is 0 Å². The van der Waals surface area contributed by atoms with Crippen molar-refractivity contribution in [2.75, 3.05) is 13.2 Å². The molecule has 378 valence electrons. The molecule has 1 atom stereocenters. The molecule has 0 aliphatic carbocycles. The van der Waals surface area contributed by atoms with Crippen LogP contribution in [0.25, 0.3) is 0 Å². The smallest absolute Gasteiger partial charge is 0.306 e. The van der Waals surface area contributed by atoms with Gasteiger partial charge in [-0.25, -0.2) is 0 Å². The lowest BCUT2D eigenvalue weighted by atomic mass is 10.0. The quantitative estimate of drug-likeness (QED) is 0.0262. The van der Waals surface area contributed by atoms with Crippen molar-refractivity contribution >= 4 is 17.9 Å². The Kier molecular flexibility index (Phi) is 51.8. The number of hydrogen-bond acceptors (Lipinski definition) is 6. The standard InChI is InChI=1S/C59H106O6/c1-4-7-10-13-16-19-21-23-25-26-27-28-29-30-31-32-34-35-37-40-43-46-49-52-58(61)64-55-56(54-63-57(60)51-48-45-42-39-18-15-12-9-6-3)65-59(62)53-50-47-44-41-38-36-33-24-22-20-17-14-11-8-5-2/h7,10,16,19,23,25,27-28,56H,4-6,8-9,11-15,17-18,20-22,24,26,29-55H2,1-3H3/b10-7-,19-16-,25-23-,28-27-. The number of allylic oxidation sites excluding steroid dienone is 8. The first kappa shape index (κ1) is 62.4. The fourth-order valence-corrected chi connectivity index (χ4v) is 8.14. The molecule has 65 heavy (non-hydrogen) atoms. The SMILES string of the molecule is CC/C=C\C/C=C\C/C=C\C/C=C\CCCCCCCCCCCCC(=O)OCC(COC(=O)CCCCCCCCCCC)OC(=O)CCCCCCCCCCCCCCCCC. The van der Waals surface area contributed by atoms with E-state index >= 15 is 0 Å². The summed E-state index contributed by atoms with van der Waals surface area (Å²) in [5.74, 6) is -0.863. The van der Waals surface area contributed by atoms with Gasteiger partial charge in [-0.1, -0.05) is 262 Å². The first-order chi connectivity index (χ1) is 32.0. The molecule has 0 heterocycles. The molecule has 0 aromatic carbocycles. The van der Waals surface area contributed by atoms with Crippen LogP contribution in [-0.4, -0.2) is 37.2 Å². The summed E-state index contributed by atoms with van der Waals surface area (Å²) in [4.78, 5) is 38.0. The Morgan fingerprint density at radius 3 is 0.938 bits per heavy atom. The van der Waals surface area contributed by atoms with E-state index < -0.39 is 6.10 Å². The van der Waals surface area contributed by atoms with Crippen molar-refractivity contribution in [3.05, 3.63) is 48.6 Å². The van der Waals surface area contributed by atoms with Crippen LogP contribution in [0.5, 0.6) is 0 Å². The third-order valence-electron chi connectivity index (χ3n) is 12.3. The van der Waals surface area contributed by atoms with Gasteiger partial charge in [0.25, 0.3) is 0 Å². The van der Waals surface area contributed by atoms with Gasteiger partial charge in [-0.2, -0.15) is 0 Å². The zero-order chi connectivity index (χ0) is 47.2. The molecule has 1 unspecified atom stereocenters. The minimum Gasteiger partial charge on any atom is -0.462 e. The summed E-state index contributed by atoms with van der Waals surface area (Å²) in [5, 5.41) is 0. The summed E-state index contributed by atoms with van der Waals surface area (Å²) in [6.45, 7) is 6.53. The number of rotatable bonds is 51. The normalized spacial score (nSPS) is 12.4. The number of esters is 3. The molecular formula is C59H106O6. The van der Waals surface area contributed by atoms with Crippen molar-refractivity contribution in [2.24, 2.45) is 0 Å². The summed E-state index contributed by atoms with van der Waals surface area (Å²) in [6.07, 6.45) is 65.3. The topological polar surface area (TPSA) is 78.9 Å². The van der Waals surface area contributed by atoms with Crippen molar-refractivity contribution < 1.29 is 28.6 Å². The van der Waals surface area contributed by atoms with E-state index in [0.717, 1.165) is 83.5 Å². The Morgan fingerprint density at radius 1 is 0.323 bits per heavy atom. The van der Waals surface area contributed by atoms with Gasteiger partial charge in [-0.05, 0) is 57.8 Å². The largest absolute Gasteiger partial charge is 0.462 e. The summed E-state index contributed by atoms with van der Waals surface area (Å²) in [5.41, 5.74) is 0. The Balaban J connectivity index is 4.22. The lowest BCUT2D eigenvalue weighted by molar-refractivity contribution is -0.167. The highest BCUT2D eigenvalue weighted by Crippen LogP contribution is 2.16. The van der Waals surface area contributed by atoms with Crippen LogP contribution in [0.3, 0.4) is 0 Å². The summed E-state index contributed by atoms with van der Waals surface area (Å²) >= 11 is 0. The average Bonchev–Trinajstić information content (AvgIpc) is 3.30. The minimum atomic E-state index is -0.769. The lowest BCUT2D eigenvalue weighted by Gasteiger charge is -2.18. The molecule has 0 saturated carbocycles. The van der Waals surface area contributed by atoms with Crippen LogP contribution < -0.4 is 0 Å². The van der Waals surface area contributed by atoms with E-state index in [1.165, 1.54) is 167 Å². The highest BCUT2D eigenvalue weighted by Gasteiger charge is 2.19. The average molecular weight is 911 g/mol. The molecule has 0 radical (unpaired) electrons. The van der Waals surface area contributed by atoms with Gasteiger partial charge in [0.05, 0.1) is 0 Å². The highest BCUT2D eigenvalue weighted by molar-refractivity contribution is 5.71. The molecule has 0 spiro atoms. The molecule has 0 rings (SSSR count). The molecule has 0 aliphatic heterocycles. The second kappa shape index (κ2) is 54.0. The van der Waals surface area contributed by atoms with E-state index in [4.69, 9.17) is 14.2 Å². The van der Waals surface area contributed by atoms with E-state index in [-0.39, 0.29) is 31.1 Å². The van der Waals surface area contributed by atoms with Crippen molar-refractivity contribution in [3.8, 4) is 0 Å². The van der Waals surface area contributed by atoms with Gasteiger partial charge in [0.15, 0.2) is 6.10 Å². The first-order valence-electron chi connectivity index (χ1n) is 28.1. The maximum Gasteiger partial charge on any atom is 0.306 e. The van der Waals surface area contributed by atoms with Gasteiger partial charge < -0.3 is 14.2 Å². The highest BCUT2D eigenvalue weighted by atomic mass is 16.6. The van der Waals surface area contributed by atoms with Gasteiger partial charge in [0.2, 0.25) is 0 Å². The van der Waals surface area contributed by atoms with Crippen LogP contribution in [0.1, 0.15) is 290 Å². The fourth-order valence-electron chi connectivity index (χ4n) is 8.14. The first-order valence-corrected chi connectivity index (χ1v) is 28.1. The van der Waals surface area contributed by atoms with E-state index in [2.05, 4.69) is 69.4 Å². The lowest BCUT2D eigenvalue weighted by Crippen LogP contribution is -2.30. The van der Waals surface area contributed by atoms with E-state index in [0.29, 0.717) is 19.3 Å². The molecule has 0 fully saturated rings. The Hall–Kier alpha value is -2.63. The van der Waals surface area contributed by atoms with E-state index in [1.807, 2.05) is 0 Å². The van der Waals surface area contributed by atoms with Gasteiger partial charge >= 0.3 is 17.9 Å². The third kappa shape index (κ3) is 52.2. The Bertz CT molecular complexity index is 1140. The number of unbranched alkanes of at least 4 members (excludes halogenated alkanes) is 32. The van der Waals surface area contributed by atoms with Crippen LogP contribution in [0.2, 0.25) is 0 Å². The maximum absolute atomic E-state index is 12.8. The number of carbonyl (C=O) groups is 3. The molecule has 6 nitrogen and oxygen atoms in total. The molecule has 0 bridgehead atoms. The predicted molar refractivity (Wildman–Crippen MR) is 279 cm³/mol. The summed E-state index contributed by atoms with van der Waals surface area (Å²) in [7, 11) is 0. The second-order valence-electron chi connectivity index (χ2n) is 18.8. The van der Waals surface area contributed by atoms with E-state index in [9.17, 15) is 14.4 Å². The van der Waals surface area contributed by atoms with Gasteiger partial charge in [-0.3, -0.25) is 14.4 Å². The Morgan fingerprint density at radius 2 is 0.600 bits per heavy atom. The van der Waals surface area contributed by atoms with Crippen molar-refractivity contribution in [1.29, 1.82) is 0 Å². The second-order valence-corrected chi connectivity index (χ2v) is 18.8. The monoisotopic (exact) mass is 911 g/mol. The molecule has 0 saturated heterocycles. The maximum atomic E-state index is 12.8. The summed E-state index contributed by atoms with van der Waals surface area (Å²) in [6, 6.07) is 0. The Labute approximate surface area is 403 Å². The van der Waals surface area contributed by atoms with Crippen LogP contribution >= 0.6 is 0 Å². The molecule has 0 aliphatic rings.